The van der Waals surface area contributed by atoms with E-state index in [0.29, 0.717) is 19.7 Å². The van der Waals surface area contributed by atoms with Gasteiger partial charge in [-0.05, 0) is 19.8 Å². The van der Waals surface area contributed by atoms with E-state index in [1.165, 1.54) is 0 Å². The van der Waals surface area contributed by atoms with Crippen molar-refractivity contribution in [2.75, 3.05) is 26.8 Å². The van der Waals surface area contributed by atoms with Gasteiger partial charge in [0, 0.05) is 26.2 Å². The maximum absolute atomic E-state index is 11.8. The highest BCUT2D eigenvalue weighted by Gasteiger charge is 2.28. The van der Waals surface area contributed by atoms with Gasteiger partial charge >= 0.3 is 0 Å². The van der Waals surface area contributed by atoms with Crippen molar-refractivity contribution in [1.82, 2.24) is 9.03 Å². The lowest BCUT2D eigenvalue weighted by Crippen LogP contribution is -2.48. The van der Waals surface area contributed by atoms with Gasteiger partial charge in [0.15, 0.2) is 0 Å². The van der Waals surface area contributed by atoms with E-state index >= 15 is 0 Å². The summed E-state index contributed by atoms with van der Waals surface area (Å²) in [6.45, 7) is 3.32. The van der Waals surface area contributed by atoms with Gasteiger partial charge in [0.05, 0.1) is 6.61 Å². The summed E-state index contributed by atoms with van der Waals surface area (Å²) in [7, 11) is -1.75. The molecule has 0 aliphatic carbocycles. The predicted octanol–water partition coefficient (Wildman–Crippen LogP) is 0.342. The SMILES string of the molecule is COCCNS(=O)(=O)N1CCCCC1C. The third-order valence-electron chi connectivity index (χ3n) is 2.64. The Labute approximate surface area is 92.0 Å². The second-order valence-corrected chi connectivity index (χ2v) is 5.56. The Hall–Kier alpha value is -0.170. The molecule has 1 aliphatic rings. The fourth-order valence-corrected chi connectivity index (χ4v) is 3.24. The molecule has 1 heterocycles. The molecule has 0 radical (unpaired) electrons. The fraction of sp³-hybridized carbons (Fsp3) is 1.00. The molecule has 0 bridgehead atoms. The lowest BCUT2D eigenvalue weighted by molar-refractivity contribution is 0.202. The smallest absolute Gasteiger partial charge is 0.279 e. The first-order chi connectivity index (χ1) is 7.08. The van der Waals surface area contributed by atoms with Gasteiger partial charge in [-0.3, -0.25) is 0 Å². The van der Waals surface area contributed by atoms with Gasteiger partial charge in [0.25, 0.3) is 10.2 Å². The minimum absolute atomic E-state index is 0.110. The van der Waals surface area contributed by atoms with Crippen LogP contribution in [0.5, 0.6) is 0 Å². The molecule has 1 atom stereocenters. The molecule has 0 aromatic rings. The van der Waals surface area contributed by atoms with Crippen molar-refractivity contribution in [3.05, 3.63) is 0 Å². The highest BCUT2D eigenvalue weighted by molar-refractivity contribution is 7.87. The molecule has 0 aromatic heterocycles. The number of methoxy groups -OCH3 is 1. The summed E-state index contributed by atoms with van der Waals surface area (Å²) < 4.78 is 32.5. The summed E-state index contributed by atoms with van der Waals surface area (Å²) in [5, 5.41) is 0. The molecule has 1 saturated heterocycles. The van der Waals surface area contributed by atoms with Crippen LogP contribution < -0.4 is 4.72 Å². The number of nitrogens with zero attached hydrogens (tertiary/aromatic N) is 1. The summed E-state index contributed by atoms with van der Waals surface area (Å²) in [6, 6.07) is 0.110. The lowest BCUT2D eigenvalue weighted by atomic mass is 10.1. The van der Waals surface area contributed by atoms with E-state index in [1.54, 1.807) is 11.4 Å². The molecule has 1 N–H and O–H groups in total. The van der Waals surface area contributed by atoms with Crippen LogP contribution in [0, 0.1) is 0 Å². The number of hydrogen-bond donors (Lipinski definition) is 1. The van der Waals surface area contributed by atoms with Crippen LogP contribution in [0.2, 0.25) is 0 Å². The Morgan fingerprint density at radius 3 is 2.80 bits per heavy atom. The number of rotatable bonds is 5. The number of hydrogen-bond acceptors (Lipinski definition) is 3. The zero-order valence-corrected chi connectivity index (χ0v) is 10.2. The van der Waals surface area contributed by atoms with Crippen molar-refractivity contribution in [3.8, 4) is 0 Å². The van der Waals surface area contributed by atoms with Crippen LogP contribution in [-0.4, -0.2) is 45.6 Å². The first-order valence-corrected chi connectivity index (χ1v) is 6.77. The molecule has 0 spiro atoms. The van der Waals surface area contributed by atoms with Gasteiger partial charge in [-0.15, -0.1) is 0 Å². The largest absolute Gasteiger partial charge is 0.383 e. The molecule has 90 valence electrons. The summed E-state index contributed by atoms with van der Waals surface area (Å²) in [6.07, 6.45) is 3.02. The normalized spacial score (nSPS) is 24.3. The van der Waals surface area contributed by atoms with Gasteiger partial charge in [-0.25, -0.2) is 0 Å². The van der Waals surface area contributed by atoms with Gasteiger partial charge in [-0.2, -0.15) is 17.4 Å². The van der Waals surface area contributed by atoms with Crippen molar-refractivity contribution in [2.24, 2.45) is 0 Å². The molecule has 0 saturated carbocycles. The average molecular weight is 236 g/mol. The second-order valence-electron chi connectivity index (χ2n) is 3.85. The maximum Gasteiger partial charge on any atom is 0.279 e. The number of ether oxygens (including phenoxy) is 1. The molecule has 1 unspecified atom stereocenters. The highest BCUT2D eigenvalue weighted by Crippen LogP contribution is 2.18. The molecule has 1 rings (SSSR count). The molecule has 5 nitrogen and oxygen atoms in total. The van der Waals surface area contributed by atoms with Crippen LogP contribution in [0.3, 0.4) is 0 Å². The first kappa shape index (κ1) is 12.9. The molecule has 1 fully saturated rings. The molecule has 1 aliphatic heterocycles. The van der Waals surface area contributed by atoms with E-state index in [0.717, 1.165) is 19.3 Å². The molecular weight excluding hydrogens is 216 g/mol. The quantitative estimate of drug-likeness (QED) is 0.700. The van der Waals surface area contributed by atoms with Gasteiger partial charge in [0.1, 0.15) is 0 Å². The summed E-state index contributed by atoms with van der Waals surface area (Å²) in [5.41, 5.74) is 0. The number of nitrogens with one attached hydrogen (secondary N) is 1. The molecule has 15 heavy (non-hydrogen) atoms. The molecule has 6 heteroatoms. The molecular formula is C9H20N2O3S. The topological polar surface area (TPSA) is 58.6 Å². The standard InChI is InChI=1S/C9H20N2O3S/c1-9-5-3-4-7-11(9)15(12,13)10-6-8-14-2/h9-10H,3-8H2,1-2H3. The van der Waals surface area contributed by atoms with Crippen molar-refractivity contribution in [3.63, 3.8) is 0 Å². The zero-order valence-electron chi connectivity index (χ0n) is 9.40. The van der Waals surface area contributed by atoms with E-state index in [9.17, 15) is 8.42 Å². The third-order valence-corrected chi connectivity index (χ3v) is 4.37. The lowest BCUT2D eigenvalue weighted by Gasteiger charge is -2.32. The van der Waals surface area contributed by atoms with E-state index < -0.39 is 10.2 Å². The van der Waals surface area contributed by atoms with E-state index in [-0.39, 0.29) is 6.04 Å². The third kappa shape index (κ3) is 3.71. The Bertz CT molecular complexity index is 279. The van der Waals surface area contributed by atoms with Crippen molar-refractivity contribution in [1.29, 1.82) is 0 Å². The zero-order chi connectivity index (χ0) is 11.3. The number of piperidine rings is 1. The van der Waals surface area contributed by atoms with Gasteiger partial charge in [0.2, 0.25) is 0 Å². The minimum Gasteiger partial charge on any atom is -0.383 e. The highest BCUT2D eigenvalue weighted by atomic mass is 32.2. The van der Waals surface area contributed by atoms with Crippen LogP contribution in [0.1, 0.15) is 26.2 Å². The summed E-state index contributed by atoms with van der Waals surface area (Å²) in [4.78, 5) is 0. The fourth-order valence-electron chi connectivity index (χ4n) is 1.78. The maximum atomic E-state index is 11.8. The van der Waals surface area contributed by atoms with Crippen LogP contribution in [-0.2, 0) is 14.9 Å². The van der Waals surface area contributed by atoms with E-state index in [1.807, 2.05) is 6.92 Å². The van der Waals surface area contributed by atoms with Gasteiger partial charge in [-0.1, -0.05) is 6.42 Å². The van der Waals surface area contributed by atoms with E-state index in [2.05, 4.69) is 4.72 Å². The van der Waals surface area contributed by atoms with Gasteiger partial charge < -0.3 is 4.74 Å². The Balaban J connectivity index is 2.51. The Morgan fingerprint density at radius 2 is 2.20 bits per heavy atom. The van der Waals surface area contributed by atoms with E-state index in [4.69, 9.17) is 4.74 Å². The average Bonchev–Trinajstić information content (AvgIpc) is 2.18. The van der Waals surface area contributed by atoms with Crippen LogP contribution in [0.4, 0.5) is 0 Å². The molecule has 0 amide bonds. The Morgan fingerprint density at radius 1 is 1.47 bits per heavy atom. The van der Waals surface area contributed by atoms with Crippen molar-refractivity contribution in [2.45, 2.75) is 32.2 Å². The van der Waals surface area contributed by atoms with Crippen molar-refractivity contribution < 1.29 is 13.2 Å². The summed E-state index contributed by atoms with van der Waals surface area (Å²) >= 11 is 0. The molecule has 0 aromatic carbocycles. The Kier molecular flexibility index (Phi) is 4.98. The van der Waals surface area contributed by atoms with Crippen LogP contribution in [0.25, 0.3) is 0 Å². The first-order valence-electron chi connectivity index (χ1n) is 5.33. The predicted molar refractivity (Wildman–Crippen MR) is 58.8 cm³/mol. The minimum atomic E-state index is -3.30. The summed E-state index contributed by atoms with van der Waals surface area (Å²) in [5.74, 6) is 0. The van der Waals surface area contributed by atoms with Crippen molar-refractivity contribution >= 4 is 10.2 Å². The monoisotopic (exact) mass is 236 g/mol. The second kappa shape index (κ2) is 5.79. The van der Waals surface area contributed by atoms with Crippen LogP contribution >= 0.6 is 0 Å². The van der Waals surface area contributed by atoms with Crippen LogP contribution in [0.15, 0.2) is 0 Å².